The molecule has 0 bridgehead atoms. The molecule has 0 radical (unpaired) electrons. The minimum absolute atomic E-state index is 0.0603. The van der Waals surface area contributed by atoms with Crippen molar-refractivity contribution in [3.8, 4) is 0 Å². The van der Waals surface area contributed by atoms with Crippen molar-refractivity contribution >= 4 is 34.7 Å². The first-order chi connectivity index (χ1) is 11.8. The van der Waals surface area contributed by atoms with Crippen LogP contribution in [-0.4, -0.2) is 29.6 Å². The third-order valence-electron chi connectivity index (χ3n) is 4.10. The van der Waals surface area contributed by atoms with Crippen LogP contribution in [0.15, 0.2) is 59.3 Å². The summed E-state index contributed by atoms with van der Waals surface area (Å²) in [6.45, 7) is 5.19. The average Bonchev–Trinajstić information content (AvgIpc) is 3.25. The molecule has 5 heteroatoms. The number of anilines is 1. The van der Waals surface area contributed by atoms with Crippen LogP contribution in [0, 0.1) is 0 Å². The molecule has 24 heavy (non-hydrogen) atoms. The molecule has 0 aliphatic carbocycles. The van der Waals surface area contributed by atoms with E-state index < -0.39 is 0 Å². The number of carbonyl (C=O) groups is 1. The van der Waals surface area contributed by atoms with Gasteiger partial charge in [0.15, 0.2) is 0 Å². The van der Waals surface area contributed by atoms with Gasteiger partial charge in [-0.05, 0) is 43.0 Å². The van der Waals surface area contributed by atoms with Crippen LogP contribution in [0.2, 0.25) is 0 Å². The molecular formula is C19H22N2OS2. The molecule has 126 valence electrons. The first-order valence-electron chi connectivity index (χ1n) is 8.18. The summed E-state index contributed by atoms with van der Waals surface area (Å²) in [6.07, 6.45) is 4.17. The summed E-state index contributed by atoms with van der Waals surface area (Å²) >= 11 is 3.47. The second-order valence-corrected chi connectivity index (χ2v) is 7.83. The minimum atomic E-state index is 0.0603. The normalized spacial score (nSPS) is 17.8. The number of thioether (sulfide) groups is 1. The Labute approximate surface area is 151 Å². The Hall–Kier alpha value is -1.56. The maximum atomic E-state index is 12.5. The zero-order valence-electron chi connectivity index (χ0n) is 13.6. The molecule has 1 fully saturated rings. The van der Waals surface area contributed by atoms with E-state index in [4.69, 9.17) is 0 Å². The fourth-order valence-corrected chi connectivity index (χ4v) is 4.68. The molecule has 1 aromatic carbocycles. The van der Waals surface area contributed by atoms with Crippen molar-refractivity contribution in [1.29, 1.82) is 0 Å². The van der Waals surface area contributed by atoms with Crippen LogP contribution in [0.5, 0.6) is 0 Å². The lowest BCUT2D eigenvalue weighted by Crippen LogP contribution is -2.32. The van der Waals surface area contributed by atoms with Crippen LogP contribution >= 0.6 is 23.1 Å². The molecule has 0 saturated carbocycles. The molecule has 1 aliphatic heterocycles. The third kappa shape index (κ3) is 4.29. The number of nitrogens with zero attached hydrogens (tertiary/aromatic N) is 1. The zero-order valence-corrected chi connectivity index (χ0v) is 15.2. The molecule has 3 rings (SSSR count). The number of benzene rings is 1. The van der Waals surface area contributed by atoms with E-state index >= 15 is 0 Å². The highest BCUT2D eigenvalue weighted by atomic mass is 32.2. The summed E-state index contributed by atoms with van der Waals surface area (Å²) in [4.78, 5) is 17.3. The summed E-state index contributed by atoms with van der Waals surface area (Å²) in [7, 11) is 0. The van der Waals surface area contributed by atoms with Gasteiger partial charge in [-0.25, -0.2) is 0 Å². The van der Waals surface area contributed by atoms with Crippen molar-refractivity contribution in [3.63, 3.8) is 0 Å². The van der Waals surface area contributed by atoms with Gasteiger partial charge in [-0.2, -0.15) is 0 Å². The Bertz CT molecular complexity index is 684. The van der Waals surface area contributed by atoms with Gasteiger partial charge in [0.25, 0.3) is 0 Å². The van der Waals surface area contributed by atoms with E-state index in [0.717, 1.165) is 35.7 Å². The predicted molar refractivity (Wildman–Crippen MR) is 104 cm³/mol. The monoisotopic (exact) mass is 358 g/mol. The minimum Gasteiger partial charge on any atom is -0.324 e. The molecule has 3 nitrogen and oxygen atoms in total. The molecule has 1 aliphatic rings. The lowest BCUT2D eigenvalue weighted by Gasteiger charge is -2.23. The van der Waals surface area contributed by atoms with Gasteiger partial charge in [-0.15, -0.1) is 29.7 Å². The smallest absolute Gasteiger partial charge is 0.238 e. The fraction of sp³-hybridized carbons (Fsp3) is 0.316. The Balaban J connectivity index is 1.62. The first kappa shape index (κ1) is 17.3. The average molecular weight is 359 g/mol. The number of amides is 1. The van der Waals surface area contributed by atoms with Crippen molar-refractivity contribution in [1.82, 2.24) is 4.90 Å². The molecule has 1 N–H and O–H groups in total. The van der Waals surface area contributed by atoms with E-state index in [1.807, 2.05) is 30.3 Å². The van der Waals surface area contributed by atoms with Crippen molar-refractivity contribution in [2.24, 2.45) is 0 Å². The van der Waals surface area contributed by atoms with Crippen LogP contribution in [0.3, 0.4) is 0 Å². The lowest BCUT2D eigenvalue weighted by molar-refractivity contribution is -0.117. The van der Waals surface area contributed by atoms with E-state index in [0.29, 0.717) is 12.6 Å². The van der Waals surface area contributed by atoms with E-state index in [1.54, 1.807) is 23.1 Å². The standard InChI is InChI=1S/C19H22N2OS2/c1-2-12-23-17-9-4-3-7-15(17)20-19(22)14-21-11-5-8-16(21)18-10-6-13-24-18/h2-4,6-7,9-10,13,16H,1,5,8,11-12,14H2,(H,20,22). The summed E-state index contributed by atoms with van der Waals surface area (Å²) in [6, 6.07) is 12.6. The van der Waals surface area contributed by atoms with Crippen LogP contribution < -0.4 is 5.32 Å². The maximum Gasteiger partial charge on any atom is 0.238 e. The number of hydrogen-bond donors (Lipinski definition) is 1. The Morgan fingerprint density at radius 1 is 1.38 bits per heavy atom. The van der Waals surface area contributed by atoms with E-state index in [9.17, 15) is 4.79 Å². The van der Waals surface area contributed by atoms with Gasteiger partial charge >= 0.3 is 0 Å². The number of carbonyl (C=O) groups excluding carboxylic acids is 1. The Morgan fingerprint density at radius 2 is 2.25 bits per heavy atom. The second kappa shape index (κ2) is 8.51. The van der Waals surface area contributed by atoms with Gasteiger partial charge in [0, 0.05) is 21.6 Å². The van der Waals surface area contributed by atoms with Crippen molar-refractivity contribution < 1.29 is 4.79 Å². The van der Waals surface area contributed by atoms with Crippen LogP contribution in [-0.2, 0) is 4.79 Å². The van der Waals surface area contributed by atoms with Gasteiger partial charge < -0.3 is 5.32 Å². The number of likely N-dealkylation sites (tertiary alicyclic amines) is 1. The molecule has 1 atom stereocenters. The highest BCUT2D eigenvalue weighted by Crippen LogP contribution is 2.34. The highest BCUT2D eigenvalue weighted by molar-refractivity contribution is 7.99. The molecule has 1 unspecified atom stereocenters. The van der Waals surface area contributed by atoms with Crippen LogP contribution in [0.1, 0.15) is 23.8 Å². The number of rotatable bonds is 7. The van der Waals surface area contributed by atoms with Gasteiger partial charge in [-0.1, -0.05) is 24.3 Å². The summed E-state index contributed by atoms with van der Waals surface area (Å²) in [5, 5.41) is 5.19. The summed E-state index contributed by atoms with van der Waals surface area (Å²) in [5.74, 6) is 0.893. The van der Waals surface area contributed by atoms with Crippen LogP contribution in [0.4, 0.5) is 5.69 Å². The number of hydrogen-bond acceptors (Lipinski definition) is 4. The molecular weight excluding hydrogens is 336 g/mol. The quantitative estimate of drug-likeness (QED) is 0.570. The highest BCUT2D eigenvalue weighted by Gasteiger charge is 2.28. The predicted octanol–water partition coefficient (Wildman–Crippen LogP) is 4.80. The largest absolute Gasteiger partial charge is 0.324 e. The SMILES string of the molecule is C=CCSc1ccccc1NC(=O)CN1CCCC1c1cccs1. The zero-order chi connectivity index (χ0) is 16.8. The number of thiophene rings is 1. The van der Waals surface area contributed by atoms with Crippen molar-refractivity contribution in [2.75, 3.05) is 24.2 Å². The first-order valence-corrected chi connectivity index (χ1v) is 10.0. The van der Waals surface area contributed by atoms with Gasteiger partial charge in [0.05, 0.1) is 12.2 Å². The molecule has 0 spiro atoms. The summed E-state index contributed by atoms with van der Waals surface area (Å²) in [5.41, 5.74) is 0.890. The molecule has 2 heterocycles. The maximum absolute atomic E-state index is 12.5. The topological polar surface area (TPSA) is 32.3 Å². The third-order valence-corrected chi connectivity index (χ3v) is 6.14. The molecule has 1 saturated heterocycles. The molecule has 2 aromatic rings. The second-order valence-electron chi connectivity index (χ2n) is 5.79. The van der Waals surface area contributed by atoms with E-state index in [2.05, 4.69) is 34.3 Å². The van der Waals surface area contributed by atoms with Gasteiger partial charge in [0.1, 0.15) is 0 Å². The van der Waals surface area contributed by atoms with Gasteiger partial charge in [-0.3, -0.25) is 9.69 Å². The van der Waals surface area contributed by atoms with E-state index in [1.165, 1.54) is 4.88 Å². The van der Waals surface area contributed by atoms with Crippen LogP contribution in [0.25, 0.3) is 0 Å². The van der Waals surface area contributed by atoms with Crippen molar-refractivity contribution in [3.05, 3.63) is 59.3 Å². The van der Waals surface area contributed by atoms with Gasteiger partial charge in [0.2, 0.25) is 5.91 Å². The fourth-order valence-electron chi connectivity index (χ4n) is 3.04. The number of nitrogens with one attached hydrogen (secondary N) is 1. The molecule has 1 aromatic heterocycles. The lowest BCUT2D eigenvalue weighted by atomic mass is 10.2. The summed E-state index contributed by atoms with van der Waals surface area (Å²) < 4.78 is 0. The van der Waals surface area contributed by atoms with E-state index in [-0.39, 0.29) is 5.91 Å². The Morgan fingerprint density at radius 3 is 3.04 bits per heavy atom. The van der Waals surface area contributed by atoms with Crippen molar-refractivity contribution in [2.45, 2.75) is 23.8 Å². The number of para-hydroxylation sites is 1. The Kier molecular flexibility index (Phi) is 6.12. The molecule has 1 amide bonds.